The highest BCUT2D eigenvalue weighted by Crippen LogP contribution is 2.58. The van der Waals surface area contributed by atoms with Crippen molar-refractivity contribution in [2.75, 3.05) is 32.6 Å². The van der Waals surface area contributed by atoms with Gasteiger partial charge in [-0.1, -0.05) is 19.9 Å². The minimum atomic E-state index is -0.338. The standard InChI is InChI=1S/C24H36N4O3/c1-14-9-24(10-15(2)21(14)30-3)11-17-4-5-18(25)8-19(17)20(24)22(29)28(23(26)27)7-6-16-12-31-13-16/h4-5,8,14-16,20-21H,6-7,9-13,25H2,1-3H3,(H3,26,27). The number of anilines is 1. The molecular weight excluding hydrogens is 392 g/mol. The molecule has 2 fully saturated rings. The van der Waals surface area contributed by atoms with E-state index in [-0.39, 0.29) is 29.3 Å². The van der Waals surface area contributed by atoms with E-state index in [4.69, 9.17) is 26.4 Å². The number of fused-ring (bicyclic) bond motifs is 1. The summed E-state index contributed by atoms with van der Waals surface area (Å²) >= 11 is 0. The first-order valence-electron chi connectivity index (χ1n) is 11.4. The lowest BCUT2D eigenvalue weighted by atomic mass is 9.59. The van der Waals surface area contributed by atoms with Gasteiger partial charge in [0.1, 0.15) is 0 Å². The van der Waals surface area contributed by atoms with Crippen LogP contribution in [0.3, 0.4) is 0 Å². The third-order valence-corrected chi connectivity index (χ3v) is 7.76. The van der Waals surface area contributed by atoms with E-state index in [0.29, 0.717) is 30.0 Å². The maximum Gasteiger partial charge on any atom is 0.237 e. The van der Waals surface area contributed by atoms with Gasteiger partial charge in [0.15, 0.2) is 5.96 Å². The van der Waals surface area contributed by atoms with Crippen molar-refractivity contribution in [3.8, 4) is 0 Å². The molecule has 2 aliphatic carbocycles. The number of ether oxygens (including phenoxy) is 2. The predicted molar refractivity (Wildman–Crippen MR) is 121 cm³/mol. The number of carbonyl (C=O) groups excluding carboxylic acids is 1. The van der Waals surface area contributed by atoms with Crippen LogP contribution >= 0.6 is 0 Å². The third-order valence-electron chi connectivity index (χ3n) is 7.76. The first kappa shape index (κ1) is 22.1. The Morgan fingerprint density at radius 1 is 1.29 bits per heavy atom. The Morgan fingerprint density at radius 3 is 2.52 bits per heavy atom. The Labute approximate surface area is 184 Å². The lowest BCUT2D eigenvalue weighted by molar-refractivity contribution is -0.136. The molecule has 3 unspecified atom stereocenters. The molecule has 1 heterocycles. The summed E-state index contributed by atoms with van der Waals surface area (Å²) in [5.41, 5.74) is 14.7. The van der Waals surface area contributed by atoms with Crippen LogP contribution in [-0.2, 0) is 20.7 Å². The quantitative estimate of drug-likeness (QED) is 0.379. The topological polar surface area (TPSA) is 115 Å². The van der Waals surface area contributed by atoms with Gasteiger partial charge in [0.25, 0.3) is 0 Å². The van der Waals surface area contributed by atoms with Crippen molar-refractivity contribution in [1.29, 1.82) is 5.41 Å². The number of nitrogens with one attached hydrogen (secondary N) is 1. The second kappa shape index (κ2) is 8.43. The van der Waals surface area contributed by atoms with Crippen LogP contribution in [0.2, 0.25) is 0 Å². The summed E-state index contributed by atoms with van der Waals surface area (Å²) in [4.78, 5) is 15.5. The summed E-state index contributed by atoms with van der Waals surface area (Å²) in [5.74, 6) is 0.543. The van der Waals surface area contributed by atoms with Gasteiger partial charge < -0.3 is 20.9 Å². The summed E-state index contributed by atoms with van der Waals surface area (Å²) in [6.07, 6.45) is 3.66. The van der Waals surface area contributed by atoms with E-state index in [2.05, 4.69) is 19.9 Å². The molecule has 1 aliphatic heterocycles. The van der Waals surface area contributed by atoms with Crippen molar-refractivity contribution in [2.24, 2.45) is 28.9 Å². The van der Waals surface area contributed by atoms with Crippen molar-refractivity contribution in [1.82, 2.24) is 4.90 Å². The molecule has 0 radical (unpaired) electrons. The van der Waals surface area contributed by atoms with E-state index >= 15 is 0 Å². The van der Waals surface area contributed by atoms with E-state index in [9.17, 15) is 4.79 Å². The number of hydrogen-bond donors (Lipinski definition) is 3. The maximum atomic E-state index is 14.0. The molecule has 5 N–H and O–H groups in total. The fraction of sp³-hybridized carbons (Fsp3) is 0.667. The zero-order chi connectivity index (χ0) is 22.3. The molecule has 1 aromatic carbocycles. The first-order valence-corrected chi connectivity index (χ1v) is 11.4. The van der Waals surface area contributed by atoms with Gasteiger partial charge >= 0.3 is 0 Å². The molecule has 31 heavy (non-hydrogen) atoms. The van der Waals surface area contributed by atoms with Crippen LogP contribution in [0.5, 0.6) is 0 Å². The molecule has 1 saturated heterocycles. The maximum absolute atomic E-state index is 14.0. The Bertz CT molecular complexity index is 841. The van der Waals surface area contributed by atoms with Crippen LogP contribution in [0.1, 0.15) is 50.2 Å². The average molecular weight is 429 g/mol. The fourth-order valence-corrected chi connectivity index (χ4v) is 6.52. The van der Waals surface area contributed by atoms with Crippen LogP contribution in [0.15, 0.2) is 18.2 Å². The van der Waals surface area contributed by atoms with Gasteiger partial charge in [-0.3, -0.25) is 15.1 Å². The van der Waals surface area contributed by atoms with Crippen LogP contribution in [-0.4, -0.2) is 49.7 Å². The Balaban J connectivity index is 1.69. The van der Waals surface area contributed by atoms with Crippen LogP contribution in [0.25, 0.3) is 0 Å². The molecule has 1 amide bonds. The van der Waals surface area contributed by atoms with Gasteiger partial charge in [-0.25, -0.2) is 0 Å². The summed E-state index contributed by atoms with van der Waals surface area (Å²) < 4.78 is 11.1. The number of rotatable bonds is 5. The highest BCUT2D eigenvalue weighted by molar-refractivity contribution is 5.99. The van der Waals surface area contributed by atoms with Gasteiger partial charge in [-0.05, 0) is 66.2 Å². The number of guanidine groups is 1. The zero-order valence-corrected chi connectivity index (χ0v) is 18.9. The third kappa shape index (κ3) is 3.94. The fourth-order valence-electron chi connectivity index (χ4n) is 6.52. The largest absolute Gasteiger partial charge is 0.399 e. The van der Waals surface area contributed by atoms with Gasteiger partial charge in [0.05, 0.1) is 25.2 Å². The van der Waals surface area contributed by atoms with E-state index in [1.165, 1.54) is 10.5 Å². The van der Waals surface area contributed by atoms with E-state index in [1.807, 2.05) is 12.1 Å². The monoisotopic (exact) mass is 428 g/mol. The summed E-state index contributed by atoms with van der Waals surface area (Å²) in [6.45, 7) is 6.35. The van der Waals surface area contributed by atoms with Crippen molar-refractivity contribution in [3.63, 3.8) is 0 Å². The molecule has 3 atom stereocenters. The number of benzene rings is 1. The van der Waals surface area contributed by atoms with Gasteiger partial charge in [0.2, 0.25) is 5.91 Å². The lowest BCUT2D eigenvalue weighted by Gasteiger charge is -2.48. The normalized spacial score (nSPS) is 32.5. The van der Waals surface area contributed by atoms with Crippen molar-refractivity contribution in [2.45, 2.75) is 51.6 Å². The number of amides is 1. The van der Waals surface area contributed by atoms with E-state index < -0.39 is 0 Å². The minimum absolute atomic E-state index is 0.0626. The number of hydrogen-bond acceptors (Lipinski definition) is 5. The highest BCUT2D eigenvalue weighted by atomic mass is 16.5. The molecular formula is C24H36N4O3. The number of methoxy groups -OCH3 is 1. The number of nitrogens with zero attached hydrogens (tertiary/aromatic N) is 1. The molecule has 3 aliphatic rings. The second-order valence-corrected chi connectivity index (χ2v) is 10.1. The first-order chi connectivity index (χ1) is 14.8. The lowest BCUT2D eigenvalue weighted by Crippen LogP contribution is -2.51. The summed E-state index contributed by atoms with van der Waals surface area (Å²) in [5, 5.41) is 8.14. The molecule has 0 aromatic heterocycles. The second-order valence-electron chi connectivity index (χ2n) is 10.1. The van der Waals surface area contributed by atoms with Crippen molar-refractivity contribution < 1.29 is 14.3 Å². The van der Waals surface area contributed by atoms with E-state index in [0.717, 1.165) is 44.5 Å². The molecule has 170 valence electrons. The number of nitrogens with two attached hydrogens (primary N) is 2. The summed E-state index contributed by atoms with van der Waals surface area (Å²) in [7, 11) is 1.78. The molecule has 1 saturated carbocycles. The van der Waals surface area contributed by atoms with E-state index in [1.54, 1.807) is 7.11 Å². The average Bonchev–Trinajstić information content (AvgIpc) is 2.94. The zero-order valence-electron chi connectivity index (χ0n) is 18.9. The number of carbonyl (C=O) groups is 1. The van der Waals surface area contributed by atoms with Crippen LogP contribution < -0.4 is 11.5 Å². The molecule has 0 bridgehead atoms. The van der Waals surface area contributed by atoms with Gasteiger partial charge in [0, 0.05) is 25.3 Å². The van der Waals surface area contributed by atoms with Gasteiger partial charge in [-0.15, -0.1) is 0 Å². The summed E-state index contributed by atoms with van der Waals surface area (Å²) in [6, 6.07) is 5.95. The van der Waals surface area contributed by atoms with Crippen LogP contribution in [0, 0.1) is 28.6 Å². The van der Waals surface area contributed by atoms with Gasteiger partial charge in [-0.2, -0.15) is 0 Å². The van der Waals surface area contributed by atoms with Crippen molar-refractivity contribution in [3.05, 3.63) is 29.3 Å². The minimum Gasteiger partial charge on any atom is -0.399 e. The highest BCUT2D eigenvalue weighted by Gasteiger charge is 2.55. The predicted octanol–water partition coefficient (Wildman–Crippen LogP) is 2.73. The molecule has 7 nitrogen and oxygen atoms in total. The smallest absolute Gasteiger partial charge is 0.237 e. The SMILES string of the molecule is COC1C(C)CC2(Cc3ccc(N)cc3C2C(=O)N(CCC2COC2)C(=N)N)CC1C. The van der Waals surface area contributed by atoms with Crippen molar-refractivity contribution >= 4 is 17.6 Å². The molecule has 1 spiro atoms. The molecule has 7 heteroatoms. The Morgan fingerprint density at radius 2 is 1.97 bits per heavy atom. The van der Waals surface area contributed by atoms with Crippen LogP contribution in [0.4, 0.5) is 5.69 Å². The molecule has 1 aromatic rings. The Kier molecular flexibility index (Phi) is 6.01. The number of nitrogen functional groups attached to an aromatic ring is 1. The molecule has 4 rings (SSSR count). The Hall–Kier alpha value is -2.12.